The fourth-order valence-corrected chi connectivity index (χ4v) is 1.17. The predicted molar refractivity (Wildman–Crippen MR) is 57.7 cm³/mol. The third-order valence-electron chi connectivity index (χ3n) is 1.99. The van der Waals surface area contributed by atoms with Crippen LogP contribution in [0.25, 0.3) is 0 Å². The van der Waals surface area contributed by atoms with E-state index < -0.39 is 5.82 Å². The molecule has 5 heteroatoms. The Morgan fingerprint density at radius 1 is 1.31 bits per heavy atom. The van der Waals surface area contributed by atoms with E-state index in [0.717, 1.165) is 0 Å². The summed E-state index contributed by atoms with van der Waals surface area (Å²) in [5, 5.41) is 0. The Kier molecular flexibility index (Phi) is 2.68. The van der Waals surface area contributed by atoms with E-state index >= 15 is 0 Å². The van der Waals surface area contributed by atoms with Gasteiger partial charge in [-0.15, -0.1) is 0 Å². The number of benzene rings is 1. The van der Waals surface area contributed by atoms with Gasteiger partial charge in [0.1, 0.15) is 0 Å². The van der Waals surface area contributed by atoms with Gasteiger partial charge in [0.05, 0.1) is 0 Å². The summed E-state index contributed by atoms with van der Waals surface area (Å²) in [6.07, 6.45) is 1.53. The second-order valence-electron chi connectivity index (χ2n) is 3.25. The summed E-state index contributed by atoms with van der Waals surface area (Å²) in [5.41, 5.74) is 6.12. The van der Waals surface area contributed by atoms with Gasteiger partial charge in [-0.1, -0.05) is 12.1 Å². The van der Waals surface area contributed by atoms with Crippen LogP contribution < -0.4 is 10.5 Å². The van der Waals surface area contributed by atoms with Crippen LogP contribution in [0.3, 0.4) is 0 Å². The first-order chi connectivity index (χ1) is 7.66. The van der Waals surface area contributed by atoms with Crippen LogP contribution in [0, 0.1) is 12.7 Å². The third-order valence-corrected chi connectivity index (χ3v) is 1.99. The Bertz CT molecular complexity index is 516. The van der Waals surface area contributed by atoms with Gasteiger partial charge in [-0.3, -0.25) is 0 Å². The minimum atomic E-state index is -0.445. The van der Waals surface area contributed by atoms with Crippen LogP contribution in [-0.2, 0) is 0 Å². The number of para-hydroxylation sites is 1. The van der Waals surface area contributed by atoms with Crippen molar-refractivity contribution in [2.45, 2.75) is 6.92 Å². The van der Waals surface area contributed by atoms with Crippen LogP contribution in [0.15, 0.2) is 30.5 Å². The molecule has 0 atom stereocenters. The van der Waals surface area contributed by atoms with E-state index in [0.29, 0.717) is 5.56 Å². The van der Waals surface area contributed by atoms with Gasteiger partial charge >= 0.3 is 0 Å². The highest BCUT2D eigenvalue weighted by Gasteiger charge is 2.07. The summed E-state index contributed by atoms with van der Waals surface area (Å²) >= 11 is 0. The van der Waals surface area contributed by atoms with Crippen molar-refractivity contribution in [3.63, 3.8) is 0 Å². The maximum atomic E-state index is 13.3. The molecular weight excluding hydrogens is 209 g/mol. The summed E-state index contributed by atoms with van der Waals surface area (Å²) in [6, 6.07) is 6.10. The number of halogens is 1. The van der Waals surface area contributed by atoms with E-state index in [9.17, 15) is 4.39 Å². The highest BCUT2D eigenvalue weighted by molar-refractivity contribution is 5.34. The molecule has 0 aliphatic carbocycles. The first-order valence-corrected chi connectivity index (χ1v) is 4.68. The molecule has 0 amide bonds. The molecule has 16 heavy (non-hydrogen) atoms. The van der Waals surface area contributed by atoms with Gasteiger partial charge in [0, 0.05) is 11.8 Å². The molecule has 0 saturated carbocycles. The molecule has 1 heterocycles. The number of aryl methyl sites for hydroxylation is 1. The zero-order valence-electron chi connectivity index (χ0n) is 8.64. The Morgan fingerprint density at radius 2 is 2.06 bits per heavy atom. The molecule has 0 bridgehead atoms. The maximum Gasteiger partial charge on any atom is 0.227 e. The predicted octanol–water partition coefficient (Wildman–Crippen LogP) is 2.30. The number of hydrogen-bond donors (Lipinski definition) is 1. The summed E-state index contributed by atoms with van der Waals surface area (Å²) < 4.78 is 18.6. The fourth-order valence-electron chi connectivity index (χ4n) is 1.17. The van der Waals surface area contributed by atoms with Gasteiger partial charge in [-0.2, -0.15) is 4.98 Å². The lowest BCUT2D eigenvalue weighted by Gasteiger charge is -2.07. The normalized spacial score (nSPS) is 10.1. The largest absolute Gasteiger partial charge is 0.435 e. The molecule has 0 radical (unpaired) electrons. The molecule has 4 nitrogen and oxygen atoms in total. The molecule has 2 aromatic rings. The van der Waals surface area contributed by atoms with Gasteiger partial charge in [0.2, 0.25) is 11.8 Å². The standard InChI is InChI=1S/C11H10FN3O/c1-7-6-14-11(13)15-10(7)16-9-5-3-2-4-8(9)12/h2-6H,1H3,(H2,13,14,15). The monoisotopic (exact) mass is 219 g/mol. The Hall–Kier alpha value is -2.17. The van der Waals surface area contributed by atoms with Crippen LogP contribution in [0.2, 0.25) is 0 Å². The number of nitrogens with zero attached hydrogens (tertiary/aromatic N) is 2. The maximum absolute atomic E-state index is 13.3. The van der Waals surface area contributed by atoms with Gasteiger partial charge < -0.3 is 10.5 Å². The van der Waals surface area contributed by atoms with E-state index in [1.165, 1.54) is 18.3 Å². The Balaban J connectivity index is 2.34. The summed E-state index contributed by atoms with van der Waals surface area (Å²) in [5.74, 6) is 0.0253. The SMILES string of the molecule is Cc1cnc(N)nc1Oc1ccccc1F. The third kappa shape index (κ3) is 2.08. The lowest BCUT2D eigenvalue weighted by Crippen LogP contribution is -1.99. The molecule has 0 spiro atoms. The van der Waals surface area contributed by atoms with Crippen LogP contribution in [0.5, 0.6) is 11.6 Å². The van der Waals surface area contributed by atoms with Crippen molar-refractivity contribution in [3.05, 3.63) is 41.8 Å². The van der Waals surface area contributed by atoms with Gasteiger partial charge in [-0.05, 0) is 19.1 Å². The van der Waals surface area contributed by atoms with Crippen molar-refractivity contribution in [2.24, 2.45) is 0 Å². The first kappa shape index (κ1) is 10.4. The molecule has 1 aromatic carbocycles. The van der Waals surface area contributed by atoms with Crippen LogP contribution in [0.1, 0.15) is 5.56 Å². The zero-order chi connectivity index (χ0) is 11.5. The van der Waals surface area contributed by atoms with Gasteiger partial charge in [-0.25, -0.2) is 9.37 Å². The fraction of sp³-hybridized carbons (Fsp3) is 0.0909. The second-order valence-corrected chi connectivity index (χ2v) is 3.25. The molecule has 0 aliphatic rings. The molecule has 82 valence electrons. The summed E-state index contributed by atoms with van der Waals surface area (Å²) in [7, 11) is 0. The Labute approximate surface area is 91.9 Å². The number of anilines is 1. The minimum absolute atomic E-state index is 0.0944. The molecule has 0 saturated heterocycles. The quantitative estimate of drug-likeness (QED) is 0.841. The smallest absolute Gasteiger partial charge is 0.227 e. The van der Waals surface area contributed by atoms with Crippen LogP contribution in [0.4, 0.5) is 10.3 Å². The van der Waals surface area contributed by atoms with E-state index in [1.807, 2.05) is 0 Å². The van der Waals surface area contributed by atoms with E-state index in [2.05, 4.69) is 9.97 Å². The number of hydrogen-bond acceptors (Lipinski definition) is 4. The minimum Gasteiger partial charge on any atom is -0.435 e. The molecule has 2 rings (SSSR count). The molecule has 1 aromatic heterocycles. The average Bonchev–Trinajstić information content (AvgIpc) is 2.27. The van der Waals surface area contributed by atoms with E-state index in [1.54, 1.807) is 19.1 Å². The highest BCUT2D eigenvalue weighted by Crippen LogP contribution is 2.24. The highest BCUT2D eigenvalue weighted by atomic mass is 19.1. The number of nitrogen functional groups attached to an aromatic ring is 1. The van der Waals surface area contributed by atoms with E-state index in [-0.39, 0.29) is 17.6 Å². The number of rotatable bonds is 2. The zero-order valence-corrected chi connectivity index (χ0v) is 8.64. The molecule has 2 N–H and O–H groups in total. The van der Waals surface area contributed by atoms with Crippen molar-refractivity contribution in [1.82, 2.24) is 9.97 Å². The lowest BCUT2D eigenvalue weighted by atomic mass is 10.3. The molecular formula is C11H10FN3O. The number of aromatic nitrogens is 2. The van der Waals surface area contributed by atoms with Crippen molar-refractivity contribution >= 4 is 5.95 Å². The van der Waals surface area contributed by atoms with Crippen LogP contribution >= 0.6 is 0 Å². The average molecular weight is 219 g/mol. The Morgan fingerprint density at radius 3 is 2.81 bits per heavy atom. The van der Waals surface area contributed by atoms with Crippen molar-refractivity contribution in [3.8, 4) is 11.6 Å². The molecule has 0 unspecified atom stereocenters. The number of ether oxygens (including phenoxy) is 1. The van der Waals surface area contributed by atoms with Crippen molar-refractivity contribution < 1.29 is 9.13 Å². The molecule has 0 aliphatic heterocycles. The van der Waals surface area contributed by atoms with Crippen LogP contribution in [-0.4, -0.2) is 9.97 Å². The number of nitrogens with two attached hydrogens (primary N) is 1. The summed E-state index contributed by atoms with van der Waals surface area (Å²) in [4.78, 5) is 7.68. The van der Waals surface area contributed by atoms with Gasteiger partial charge in [0.25, 0.3) is 0 Å². The van der Waals surface area contributed by atoms with Crippen molar-refractivity contribution in [1.29, 1.82) is 0 Å². The lowest BCUT2D eigenvalue weighted by molar-refractivity contribution is 0.424. The summed E-state index contributed by atoms with van der Waals surface area (Å²) in [6.45, 7) is 1.76. The van der Waals surface area contributed by atoms with E-state index in [4.69, 9.17) is 10.5 Å². The first-order valence-electron chi connectivity index (χ1n) is 4.68. The van der Waals surface area contributed by atoms with Crippen molar-refractivity contribution in [2.75, 3.05) is 5.73 Å². The second kappa shape index (κ2) is 4.14. The topological polar surface area (TPSA) is 61.0 Å². The van der Waals surface area contributed by atoms with Gasteiger partial charge in [0.15, 0.2) is 11.6 Å². The molecule has 0 fully saturated rings.